The van der Waals surface area contributed by atoms with Gasteiger partial charge in [0.1, 0.15) is 5.58 Å². The van der Waals surface area contributed by atoms with Crippen molar-refractivity contribution in [3.05, 3.63) is 35.6 Å². The first-order valence-electron chi connectivity index (χ1n) is 10.3. The summed E-state index contributed by atoms with van der Waals surface area (Å²) in [5.41, 5.74) is 1.83. The van der Waals surface area contributed by atoms with E-state index in [1.807, 2.05) is 30.0 Å². The van der Waals surface area contributed by atoms with Crippen molar-refractivity contribution < 1.29 is 14.3 Å². The van der Waals surface area contributed by atoms with Crippen molar-refractivity contribution in [2.75, 3.05) is 0 Å². The third kappa shape index (κ3) is 4.52. The smallest absolute Gasteiger partial charge is 0.287 e. The maximum absolute atomic E-state index is 13.0. The molecule has 27 heavy (non-hydrogen) atoms. The van der Waals surface area contributed by atoms with E-state index in [9.17, 15) is 9.90 Å². The van der Waals surface area contributed by atoms with Gasteiger partial charge in [0.05, 0.1) is 6.10 Å². The molecule has 2 saturated carbocycles. The molecule has 1 amide bonds. The number of amides is 1. The van der Waals surface area contributed by atoms with E-state index >= 15 is 0 Å². The van der Waals surface area contributed by atoms with E-state index < -0.39 is 0 Å². The average Bonchev–Trinajstić information content (AvgIpc) is 3.08. The summed E-state index contributed by atoms with van der Waals surface area (Å²) in [6.07, 6.45) is 9.54. The minimum atomic E-state index is -0.216. The first-order valence-corrected chi connectivity index (χ1v) is 11.4. The maximum atomic E-state index is 13.0. The Bertz CT molecular complexity index is 773. The molecule has 0 aliphatic heterocycles. The van der Waals surface area contributed by atoms with E-state index in [1.165, 1.54) is 32.1 Å². The quantitative estimate of drug-likeness (QED) is 0.755. The predicted octanol–water partition coefficient (Wildman–Crippen LogP) is 5.03. The highest BCUT2D eigenvalue weighted by molar-refractivity contribution is 7.99. The summed E-state index contributed by atoms with van der Waals surface area (Å²) in [6, 6.07) is 8.10. The van der Waals surface area contributed by atoms with E-state index in [0.717, 1.165) is 48.0 Å². The second kappa shape index (κ2) is 8.70. The van der Waals surface area contributed by atoms with Gasteiger partial charge in [-0.05, 0) is 44.6 Å². The fourth-order valence-corrected chi connectivity index (χ4v) is 5.69. The fraction of sp³-hybridized carbons (Fsp3) is 0.591. The number of furan rings is 1. The van der Waals surface area contributed by atoms with Gasteiger partial charge in [0.2, 0.25) is 0 Å². The lowest BCUT2D eigenvalue weighted by molar-refractivity contribution is 0.0844. The Morgan fingerprint density at radius 2 is 1.81 bits per heavy atom. The van der Waals surface area contributed by atoms with Crippen LogP contribution in [0, 0.1) is 0 Å². The molecule has 0 radical (unpaired) electrons. The predicted molar refractivity (Wildman–Crippen MR) is 110 cm³/mol. The number of hydrogen-bond donors (Lipinski definition) is 2. The van der Waals surface area contributed by atoms with Crippen LogP contribution in [0.2, 0.25) is 0 Å². The first kappa shape index (κ1) is 18.9. The molecule has 0 spiro atoms. The van der Waals surface area contributed by atoms with Crippen LogP contribution in [0.1, 0.15) is 73.9 Å². The van der Waals surface area contributed by atoms with Crippen molar-refractivity contribution >= 4 is 28.6 Å². The van der Waals surface area contributed by atoms with Crippen LogP contribution in [0.4, 0.5) is 0 Å². The molecule has 2 N–H and O–H groups in total. The summed E-state index contributed by atoms with van der Waals surface area (Å²) in [5.74, 6) is 1.20. The van der Waals surface area contributed by atoms with Gasteiger partial charge in [0.25, 0.3) is 5.91 Å². The standard InChI is InChI=1S/C22H29NO3S/c24-16-12-10-15(11-13-16)23-22(25)21-19(14-27-17-6-2-1-3-7-17)18-8-4-5-9-20(18)26-21/h4-5,8-9,15-17,24H,1-3,6-7,10-14H2,(H,23,25). The lowest BCUT2D eigenvalue weighted by Gasteiger charge is -2.26. The number of fused-ring (bicyclic) bond motifs is 1. The second-order valence-electron chi connectivity index (χ2n) is 7.96. The molecule has 2 aromatic rings. The summed E-state index contributed by atoms with van der Waals surface area (Å²) in [4.78, 5) is 13.0. The van der Waals surface area contributed by atoms with Gasteiger partial charge >= 0.3 is 0 Å². The Balaban J connectivity index is 1.51. The fourth-order valence-electron chi connectivity index (χ4n) is 4.33. The van der Waals surface area contributed by atoms with E-state index in [-0.39, 0.29) is 18.1 Å². The number of aliphatic hydroxyl groups is 1. The third-order valence-electron chi connectivity index (χ3n) is 5.95. The minimum absolute atomic E-state index is 0.105. The molecule has 1 aromatic heterocycles. The zero-order valence-electron chi connectivity index (χ0n) is 15.8. The summed E-state index contributed by atoms with van der Waals surface area (Å²) in [5, 5.41) is 14.6. The van der Waals surface area contributed by atoms with Crippen molar-refractivity contribution in [2.45, 2.75) is 80.9 Å². The summed E-state index contributed by atoms with van der Waals surface area (Å²) in [7, 11) is 0. The van der Waals surface area contributed by atoms with Crippen LogP contribution in [0.5, 0.6) is 0 Å². The number of aliphatic hydroxyl groups excluding tert-OH is 1. The summed E-state index contributed by atoms with van der Waals surface area (Å²) < 4.78 is 5.99. The Kier molecular flexibility index (Phi) is 6.08. The minimum Gasteiger partial charge on any atom is -0.451 e. The first-order chi connectivity index (χ1) is 13.2. The van der Waals surface area contributed by atoms with Crippen LogP contribution >= 0.6 is 11.8 Å². The SMILES string of the molecule is O=C(NC1CCC(O)CC1)c1oc2ccccc2c1CSC1CCCCC1. The summed E-state index contributed by atoms with van der Waals surface area (Å²) >= 11 is 1.97. The summed E-state index contributed by atoms with van der Waals surface area (Å²) in [6.45, 7) is 0. The largest absolute Gasteiger partial charge is 0.451 e. The van der Waals surface area contributed by atoms with Crippen LogP contribution in [0.15, 0.2) is 28.7 Å². The molecule has 2 fully saturated rings. The van der Waals surface area contributed by atoms with E-state index in [4.69, 9.17) is 4.42 Å². The molecule has 5 heteroatoms. The van der Waals surface area contributed by atoms with Crippen molar-refractivity contribution in [3.8, 4) is 0 Å². The number of thioether (sulfide) groups is 1. The molecule has 2 aliphatic carbocycles. The molecule has 2 aliphatic rings. The average molecular weight is 388 g/mol. The third-order valence-corrected chi connectivity index (χ3v) is 7.35. The number of para-hydroxylation sites is 1. The number of nitrogens with one attached hydrogen (secondary N) is 1. The second-order valence-corrected chi connectivity index (χ2v) is 9.24. The highest BCUT2D eigenvalue weighted by atomic mass is 32.2. The lowest BCUT2D eigenvalue weighted by atomic mass is 9.93. The van der Waals surface area contributed by atoms with E-state index in [1.54, 1.807) is 0 Å². The van der Waals surface area contributed by atoms with Gasteiger partial charge < -0.3 is 14.8 Å². The zero-order chi connectivity index (χ0) is 18.6. The van der Waals surface area contributed by atoms with Crippen LogP contribution < -0.4 is 5.32 Å². The van der Waals surface area contributed by atoms with Gasteiger partial charge in [0.15, 0.2) is 5.76 Å². The van der Waals surface area contributed by atoms with Gasteiger partial charge in [-0.25, -0.2) is 0 Å². The van der Waals surface area contributed by atoms with Crippen LogP contribution in [-0.2, 0) is 5.75 Å². The van der Waals surface area contributed by atoms with E-state index in [2.05, 4.69) is 11.4 Å². The highest BCUT2D eigenvalue weighted by Crippen LogP contribution is 2.35. The van der Waals surface area contributed by atoms with Gasteiger partial charge in [-0.3, -0.25) is 4.79 Å². The number of carbonyl (C=O) groups is 1. The Morgan fingerprint density at radius 1 is 1.07 bits per heavy atom. The van der Waals surface area contributed by atoms with Gasteiger partial charge in [-0.15, -0.1) is 0 Å². The highest BCUT2D eigenvalue weighted by Gasteiger charge is 2.26. The van der Waals surface area contributed by atoms with Crippen LogP contribution in [-0.4, -0.2) is 28.4 Å². The molecule has 1 aromatic carbocycles. The number of carbonyl (C=O) groups excluding carboxylic acids is 1. The van der Waals surface area contributed by atoms with Gasteiger partial charge in [-0.1, -0.05) is 37.5 Å². The van der Waals surface area contributed by atoms with E-state index in [0.29, 0.717) is 11.0 Å². The van der Waals surface area contributed by atoms with Gasteiger partial charge in [0, 0.05) is 28.0 Å². The number of hydrogen-bond acceptors (Lipinski definition) is 4. The molecular weight excluding hydrogens is 358 g/mol. The molecule has 4 rings (SSSR count). The van der Waals surface area contributed by atoms with Crippen LogP contribution in [0.3, 0.4) is 0 Å². The maximum Gasteiger partial charge on any atom is 0.287 e. The Morgan fingerprint density at radius 3 is 2.59 bits per heavy atom. The molecule has 146 valence electrons. The molecule has 0 atom stereocenters. The van der Waals surface area contributed by atoms with Gasteiger partial charge in [-0.2, -0.15) is 11.8 Å². The molecule has 4 nitrogen and oxygen atoms in total. The topological polar surface area (TPSA) is 62.5 Å². The lowest BCUT2D eigenvalue weighted by Crippen LogP contribution is -2.38. The number of benzene rings is 1. The van der Waals surface area contributed by atoms with Crippen molar-refractivity contribution in [1.29, 1.82) is 0 Å². The van der Waals surface area contributed by atoms with Crippen molar-refractivity contribution in [1.82, 2.24) is 5.32 Å². The van der Waals surface area contributed by atoms with Crippen molar-refractivity contribution in [3.63, 3.8) is 0 Å². The Hall–Kier alpha value is -1.46. The molecule has 0 unspecified atom stereocenters. The number of rotatable bonds is 5. The monoisotopic (exact) mass is 387 g/mol. The zero-order valence-corrected chi connectivity index (χ0v) is 16.6. The molecular formula is C22H29NO3S. The molecule has 0 bridgehead atoms. The Labute approximate surface area is 165 Å². The van der Waals surface area contributed by atoms with Crippen LogP contribution in [0.25, 0.3) is 11.0 Å². The normalized spacial score (nSPS) is 24.2. The van der Waals surface area contributed by atoms with Crippen molar-refractivity contribution in [2.24, 2.45) is 0 Å². The molecule has 0 saturated heterocycles. The molecule has 1 heterocycles.